The van der Waals surface area contributed by atoms with E-state index < -0.39 is 0 Å². The van der Waals surface area contributed by atoms with Crippen LogP contribution in [0.1, 0.15) is 17.7 Å². The molecule has 3 aromatic rings. The zero-order chi connectivity index (χ0) is 19.8. The molecular formula is C19H19N5O2S2. The Labute approximate surface area is 171 Å². The second-order valence-corrected chi connectivity index (χ2v) is 8.16. The number of furan rings is 1. The third kappa shape index (κ3) is 5.84. The van der Waals surface area contributed by atoms with Crippen LogP contribution in [0, 0.1) is 18.3 Å². The van der Waals surface area contributed by atoms with Gasteiger partial charge in [-0.1, -0.05) is 35.2 Å². The van der Waals surface area contributed by atoms with E-state index >= 15 is 0 Å². The zero-order valence-corrected chi connectivity index (χ0v) is 16.9. The molecule has 0 aliphatic carbocycles. The normalized spacial score (nSPS) is 10.4. The first-order chi connectivity index (χ1) is 13.6. The largest absolute Gasteiger partial charge is 0.467 e. The third-order valence-electron chi connectivity index (χ3n) is 3.77. The van der Waals surface area contributed by atoms with Crippen molar-refractivity contribution in [3.05, 3.63) is 54.0 Å². The van der Waals surface area contributed by atoms with E-state index in [1.54, 1.807) is 17.2 Å². The van der Waals surface area contributed by atoms with Crippen LogP contribution < -0.4 is 5.32 Å². The minimum absolute atomic E-state index is 0.0694. The van der Waals surface area contributed by atoms with Crippen molar-refractivity contribution in [3.8, 4) is 6.07 Å². The summed E-state index contributed by atoms with van der Waals surface area (Å²) in [5.74, 6) is 0.850. The molecule has 7 nitrogen and oxygen atoms in total. The van der Waals surface area contributed by atoms with Gasteiger partial charge in [-0.3, -0.25) is 4.79 Å². The van der Waals surface area contributed by atoms with Gasteiger partial charge in [0.05, 0.1) is 31.1 Å². The van der Waals surface area contributed by atoms with Crippen LogP contribution in [0.4, 0.5) is 10.8 Å². The zero-order valence-electron chi connectivity index (χ0n) is 15.3. The highest BCUT2D eigenvalue weighted by Crippen LogP contribution is 2.28. The van der Waals surface area contributed by atoms with Crippen molar-refractivity contribution >= 4 is 39.8 Å². The third-order valence-corrected chi connectivity index (χ3v) is 5.72. The SMILES string of the molecule is Cc1cccc(Nc2nnc(SCC(=O)N(CCC#N)Cc3ccco3)s2)c1. The van der Waals surface area contributed by atoms with Gasteiger partial charge >= 0.3 is 0 Å². The maximum Gasteiger partial charge on any atom is 0.233 e. The summed E-state index contributed by atoms with van der Waals surface area (Å²) in [4.78, 5) is 14.2. The summed E-state index contributed by atoms with van der Waals surface area (Å²) in [6.07, 6.45) is 1.85. The number of amides is 1. The molecule has 9 heteroatoms. The monoisotopic (exact) mass is 413 g/mol. The van der Waals surface area contributed by atoms with Gasteiger partial charge in [-0.05, 0) is 36.8 Å². The van der Waals surface area contributed by atoms with Gasteiger partial charge in [0.1, 0.15) is 5.76 Å². The number of hydrogen-bond donors (Lipinski definition) is 1. The van der Waals surface area contributed by atoms with Crippen LogP contribution in [0.5, 0.6) is 0 Å². The second-order valence-electron chi connectivity index (χ2n) is 5.96. The van der Waals surface area contributed by atoms with Crippen LogP contribution >= 0.6 is 23.1 Å². The average molecular weight is 414 g/mol. The second kappa shape index (κ2) is 9.92. The van der Waals surface area contributed by atoms with Gasteiger partial charge in [0.2, 0.25) is 11.0 Å². The van der Waals surface area contributed by atoms with Gasteiger partial charge < -0.3 is 14.6 Å². The highest BCUT2D eigenvalue weighted by molar-refractivity contribution is 8.01. The van der Waals surface area contributed by atoms with E-state index in [-0.39, 0.29) is 18.1 Å². The molecule has 0 fully saturated rings. The molecule has 0 spiro atoms. The number of nitriles is 1. The lowest BCUT2D eigenvalue weighted by Gasteiger charge is -2.19. The molecule has 0 aliphatic rings. The Morgan fingerprint density at radius 3 is 3.00 bits per heavy atom. The van der Waals surface area contributed by atoms with Crippen molar-refractivity contribution in [1.82, 2.24) is 15.1 Å². The molecule has 1 amide bonds. The number of aromatic nitrogens is 2. The molecule has 144 valence electrons. The van der Waals surface area contributed by atoms with Crippen LogP contribution in [-0.4, -0.2) is 33.3 Å². The molecule has 0 saturated carbocycles. The van der Waals surface area contributed by atoms with Crippen LogP contribution in [0.15, 0.2) is 51.4 Å². The lowest BCUT2D eigenvalue weighted by Crippen LogP contribution is -2.32. The fourth-order valence-electron chi connectivity index (χ4n) is 2.45. The summed E-state index contributed by atoms with van der Waals surface area (Å²) in [7, 11) is 0. The summed E-state index contributed by atoms with van der Waals surface area (Å²) >= 11 is 2.74. The fraction of sp³-hybridized carbons (Fsp3) is 0.263. The number of thioether (sulfide) groups is 1. The van der Waals surface area contributed by atoms with Gasteiger partial charge in [-0.25, -0.2) is 0 Å². The number of benzene rings is 1. The summed E-state index contributed by atoms with van der Waals surface area (Å²) < 4.78 is 6.02. The number of hydrogen-bond acceptors (Lipinski definition) is 8. The Kier molecular flexibility index (Phi) is 7.06. The Morgan fingerprint density at radius 2 is 2.25 bits per heavy atom. The van der Waals surface area contributed by atoms with E-state index in [4.69, 9.17) is 9.68 Å². The molecular weight excluding hydrogens is 394 g/mol. The maximum absolute atomic E-state index is 12.6. The minimum Gasteiger partial charge on any atom is -0.467 e. The fourth-order valence-corrected chi connectivity index (χ4v) is 4.12. The van der Waals surface area contributed by atoms with E-state index in [2.05, 4.69) is 21.6 Å². The van der Waals surface area contributed by atoms with E-state index in [1.807, 2.05) is 37.3 Å². The molecule has 0 aliphatic heterocycles. The highest BCUT2D eigenvalue weighted by atomic mass is 32.2. The molecule has 0 radical (unpaired) electrons. The van der Waals surface area contributed by atoms with Crippen LogP contribution in [-0.2, 0) is 11.3 Å². The lowest BCUT2D eigenvalue weighted by molar-refractivity contribution is -0.129. The topological polar surface area (TPSA) is 95.0 Å². The number of nitrogens with one attached hydrogen (secondary N) is 1. The first-order valence-corrected chi connectivity index (χ1v) is 10.4. The molecule has 1 N–H and O–H groups in total. The Balaban J connectivity index is 1.55. The first-order valence-electron chi connectivity index (χ1n) is 8.61. The average Bonchev–Trinajstić information content (AvgIpc) is 3.35. The van der Waals surface area contributed by atoms with Crippen molar-refractivity contribution in [1.29, 1.82) is 5.26 Å². The Bertz CT molecular complexity index is 949. The molecule has 3 rings (SSSR count). The van der Waals surface area contributed by atoms with Crippen LogP contribution in [0.2, 0.25) is 0 Å². The van der Waals surface area contributed by atoms with Gasteiger partial charge in [-0.2, -0.15) is 5.26 Å². The van der Waals surface area contributed by atoms with Crippen molar-refractivity contribution < 1.29 is 9.21 Å². The number of nitrogens with zero attached hydrogens (tertiary/aromatic N) is 4. The number of carbonyl (C=O) groups excluding carboxylic acids is 1. The molecule has 28 heavy (non-hydrogen) atoms. The van der Waals surface area contributed by atoms with E-state index in [0.29, 0.717) is 28.3 Å². The van der Waals surface area contributed by atoms with Gasteiger partial charge in [-0.15, -0.1) is 10.2 Å². The summed E-state index contributed by atoms with van der Waals surface area (Å²) in [5, 5.41) is 21.0. The molecule has 0 unspecified atom stereocenters. The van der Waals surface area contributed by atoms with Crippen molar-refractivity contribution in [2.75, 3.05) is 17.6 Å². The number of aryl methyl sites for hydroxylation is 1. The quantitative estimate of drug-likeness (QED) is 0.525. The number of anilines is 2. The summed E-state index contributed by atoms with van der Waals surface area (Å²) in [6.45, 7) is 2.75. The Morgan fingerprint density at radius 1 is 1.36 bits per heavy atom. The predicted octanol–water partition coefficient (Wildman–Crippen LogP) is 4.22. The van der Waals surface area contributed by atoms with E-state index in [0.717, 1.165) is 11.3 Å². The molecule has 1 aromatic carbocycles. The smallest absolute Gasteiger partial charge is 0.233 e. The predicted molar refractivity (Wildman–Crippen MR) is 109 cm³/mol. The summed E-state index contributed by atoms with van der Waals surface area (Å²) in [6, 6.07) is 13.7. The van der Waals surface area contributed by atoms with E-state index in [9.17, 15) is 4.79 Å². The molecule has 0 atom stereocenters. The van der Waals surface area contributed by atoms with Crippen molar-refractivity contribution in [2.24, 2.45) is 0 Å². The Hall–Kier alpha value is -2.83. The molecule has 2 heterocycles. The lowest BCUT2D eigenvalue weighted by atomic mass is 10.2. The van der Waals surface area contributed by atoms with Crippen molar-refractivity contribution in [2.45, 2.75) is 24.2 Å². The van der Waals surface area contributed by atoms with Gasteiger partial charge in [0.15, 0.2) is 4.34 Å². The van der Waals surface area contributed by atoms with Crippen LogP contribution in [0.25, 0.3) is 0 Å². The van der Waals surface area contributed by atoms with Crippen LogP contribution in [0.3, 0.4) is 0 Å². The number of rotatable bonds is 9. The number of carbonyl (C=O) groups is 1. The molecule has 0 saturated heterocycles. The van der Waals surface area contributed by atoms with Crippen molar-refractivity contribution in [3.63, 3.8) is 0 Å². The van der Waals surface area contributed by atoms with Gasteiger partial charge in [0, 0.05) is 12.2 Å². The maximum atomic E-state index is 12.6. The highest BCUT2D eigenvalue weighted by Gasteiger charge is 2.17. The first kappa shape index (κ1) is 19.9. The molecule has 2 aromatic heterocycles. The standard InChI is InChI=1S/C19H19N5O2S2/c1-14-5-2-6-15(11-14)21-18-22-23-19(28-18)27-13-17(25)24(9-4-8-20)12-16-7-3-10-26-16/h2-3,5-7,10-11H,4,9,12-13H2,1H3,(H,21,22). The summed E-state index contributed by atoms with van der Waals surface area (Å²) in [5.41, 5.74) is 2.11. The molecule has 0 bridgehead atoms. The van der Waals surface area contributed by atoms with Gasteiger partial charge in [0.25, 0.3) is 0 Å². The minimum atomic E-state index is -0.0694. The van der Waals surface area contributed by atoms with E-state index in [1.165, 1.54) is 23.1 Å².